The van der Waals surface area contributed by atoms with Gasteiger partial charge in [-0.1, -0.05) is 17.7 Å². The van der Waals surface area contributed by atoms with E-state index in [4.69, 9.17) is 22.1 Å². The van der Waals surface area contributed by atoms with Gasteiger partial charge in [-0.3, -0.25) is 0 Å². The van der Waals surface area contributed by atoms with Gasteiger partial charge in [-0.2, -0.15) is 0 Å². The van der Waals surface area contributed by atoms with Crippen molar-refractivity contribution in [1.82, 2.24) is 4.98 Å². The zero-order chi connectivity index (χ0) is 12.4. The molecule has 0 amide bonds. The minimum absolute atomic E-state index is 0.546. The lowest BCUT2D eigenvalue weighted by Gasteiger charge is -2.10. The first-order valence-corrected chi connectivity index (χ1v) is 5.60. The minimum Gasteiger partial charge on any atom is -0.438 e. The molecule has 88 valence electrons. The zero-order valence-electron chi connectivity index (χ0n) is 9.70. The summed E-state index contributed by atoms with van der Waals surface area (Å²) < 4.78 is 5.72. The molecule has 2 aromatic rings. The topological polar surface area (TPSA) is 48.1 Å². The van der Waals surface area contributed by atoms with Gasteiger partial charge in [-0.05, 0) is 37.6 Å². The van der Waals surface area contributed by atoms with Crippen LogP contribution in [0.15, 0.2) is 30.5 Å². The first kappa shape index (κ1) is 11.7. The summed E-state index contributed by atoms with van der Waals surface area (Å²) in [5, 5.41) is 0.638. The molecule has 0 saturated carbocycles. The molecule has 0 spiro atoms. The third kappa shape index (κ3) is 2.68. The number of anilines is 1. The lowest BCUT2D eigenvalue weighted by molar-refractivity contribution is 0.456. The fraction of sp³-hybridized carbons (Fsp3) is 0.154. The van der Waals surface area contributed by atoms with E-state index >= 15 is 0 Å². The van der Waals surface area contributed by atoms with Crippen LogP contribution in [0.25, 0.3) is 0 Å². The van der Waals surface area contributed by atoms with Crippen molar-refractivity contribution in [1.29, 1.82) is 0 Å². The molecule has 0 atom stereocenters. The molecule has 0 aliphatic heterocycles. The number of halogens is 1. The first-order chi connectivity index (χ1) is 8.06. The summed E-state index contributed by atoms with van der Waals surface area (Å²) in [4.78, 5) is 4.15. The molecular weight excluding hydrogens is 236 g/mol. The van der Waals surface area contributed by atoms with Gasteiger partial charge >= 0.3 is 0 Å². The monoisotopic (exact) mass is 248 g/mol. The molecule has 0 aliphatic carbocycles. The Kier molecular flexibility index (Phi) is 3.20. The SMILES string of the molecule is Cc1ccc(Cl)cc1Oc1ncc(N)cc1C. The maximum atomic E-state index is 5.93. The van der Waals surface area contributed by atoms with Crippen molar-refractivity contribution in [2.24, 2.45) is 0 Å². The number of nitrogens with zero attached hydrogens (tertiary/aromatic N) is 1. The molecule has 2 N–H and O–H groups in total. The highest BCUT2D eigenvalue weighted by Crippen LogP contribution is 2.28. The van der Waals surface area contributed by atoms with Crippen molar-refractivity contribution in [3.8, 4) is 11.6 Å². The smallest absolute Gasteiger partial charge is 0.222 e. The average Bonchev–Trinajstić information content (AvgIpc) is 2.27. The van der Waals surface area contributed by atoms with Crippen molar-refractivity contribution in [2.75, 3.05) is 5.73 Å². The second-order valence-corrected chi connectivity index (χ2v) is 4.34. The van der Waals surface area contributed by atoms with E-state index in [-0.39, 0.29) is 0 Å². The van der Waals surface area contributed by atoms with Crippen LogP contribution < -0.4 is 10.5 Å². The third-order valence-corrected chi connectivity index (χ3v) is 2.64. The van der Waals surface area contributed by atoms with Crippen molar-refractivity contribution >= 4 is 17.3 Å². The van der Waals surface area contributed by atoms with Crippen molar-refractivity contribution in [3.63, 3.8) is 0 Å². The van der Waals surface area contributed by atoms with Crippen LogP contribution in [0.3, 0.4) is 0 Å². The fourth-order valence-corrected chi connectivity index (χ4v) is 1.64. The lowest BCUT2D eigenvalue weighted by atomic mass is 10.2. The van der Waals surface area contributed by atoms with E-state index in [2.05, 4.69) is 4.98 Å². The summed E-state index contributed by atoms with van der Waals surface area (Å²) in [7, 11) is 0. The molecular formula is C13H13ClN2O. The van der Waals surface area contributed by atoms with Crippen LogP contribution in [-0.2, 0) is 0 Å². The van der Waals surface area contributed by atoms with E-state index in [1.165, 1.54) is 0 Å². The van der Waals surface area contributed by atoms with Gasteiger partial charge in [0.1, 0.15) is 5.75 Å². The van der Waals surface area contributed by atoms with Gasteiger partial charge in [0.2, 0.25) is 5.88 Å². The highest BCUT2D eigenvalue weighted by Gasteiger charge is 2.06. The van der Waals surface area contributed by atoms with E-state index in [0.29, 0.717) is 22.3 Å². The van der Waals surface area contributed by atoms with Gasteiger partial charge in [0.25, 0.3) is 0 Å². The molecule has 17 heavy (non-hydrogen) atoms. The largest absolute Gasteiger partial charge is 0.438 e. The molecule has 2 rings (SSSR count). The van der Waals surface area contributed by atoms with E-state index < -0.39 is 0 Å². The normalized spacial score (nSPS) is 10.3. The van der Waals surface area contributed by atoms with Crippen molar-refractivity contribution in [3.05, 3.63) is 46.6 Å². The predicted molar refractivity (Wildman–Crippen MR) is 69.6 cm³/mol. The summed E-state index contributed by atoms with van der Waals surface area (Å²) in [6, 6.07) is 7.33. The van der Waals surface area contributed by atoms with E-state index in [9.17, 15) is 0 Å². The average molecular weight is 249 g/mol. The first-order valence-electron chi connectivity index (χ1n) is 5.22. The number of nitrogens with two attached hydrogens (primary N) is 1. The molecule has 1 aromatic heterocycles. The Balaban J connectivity index is 2.34. The van der Waals surface area contributed by atoms with Gasteiger partial charge in [-0.15, -0.1) is 0 Å². The third-order valence-electron chi connectivity index (χ3n) is 2.41. The Morgan fingerprint density at radius 2 is 1.94 bits per heavy atom. The standard InChI is InChI=1S/C13H13ClN2O/c1-8-3-4-10(14)6-12(8)17-13-9(2)5-11(15)7-16-13/h3-7H,15H2,1-2H3. The van der Waals surface area contributed by atoms with Gasteiger partial charge in [-0.25, -0.2) is 4.98 Å². The Hall–Kier alpha value is -1.74. The van der Waals surface area contributed by atoms with E-state index in [0.717, 1.165) is 11.1 Å². The van der Waals surface area contributed by atoms with E-state index in [1.807, 2.05) is 32.0 Å². The summed E-state index contributed by atoms with van der Waals surface area (Å²) in [6.45, 7) is 3.86. The molecule has 0 aliphatic rings. The molecule has 0 radical (unpaired) electrons. The Labute approximate surface area is 105 Å². The van der Waals surface area contributed by atoms with Gasteiger partial charge < -0.3 is 10.5 Å². The molecule has 0 bridgehead atoms. The molecule has 3 nitrogen and oxygen atoms in total. The number of pyridine rings is 1. The van der Waals surface area contributed by atoms with Gasteiger partial charge in [0.05, 0.1) is 11.9 Å². The molecule has 1 aromatic carbocycles. The number of nitrogen functional groups attached to an aromatic ring is 1. The number of benzene rings is 1. The molecule has 4 heteroatoms. The minimum atomic E-state index is 0.546. The highest BCUT2D eigenvalue weighted by atomic mass is 35.5. The quantitative estimate of drug-likeness (QED) is 0.881. The molecule has 1 heterocycles. The van der Waals surface area contributed by atoms with Crippen LogP contribution in [0.4, 0.5) is 5.69 Å². The number of rotatable bonds is 2. The fourth-order valence-electron chi connectivity index (χ4n) is 1.48. The van der Waals surface area contributed by atoms with E-state index in [1.54, 1.807) is 12.3 Å². The van der Waals surface area contributed by atoms with Gasteiger partial charge in [0, 0.05) is 10.6 Å². The maximum absolute atomic E-state index is 5.93. The summed E-state index contributed by atoms with van der Waals surface area (Å²) in [5.41, 5.74) is 8.16. The van der Waals surface area contributed by atoms with Gasteiger partial charge in [0.15, 0.2) is 0 Å². The maximum Gasteiger partial charge on any atom is 0.222 e. The van der Waals surface area contributed by atoms with Crippen molar-refractivity contribution < 1.29 is 4.74 Å². The summed E-state index contributed by atoms with van der Waals surface area (Å²) >= 11 is 5.93. The Morgan fingerprint density at radius 3 is 2.65 bits per heavy atom. The number of hydrogen-bond acceptors (Lipinski definition) is 3. The van der Waals surface area contributed by atoms with Crippen molar-refractivity contribution in [2.45, 2.75) is 13.8 Å². The number of ether oxygens (including phenoxy) is 1. The Morgan fingerprint density at radius 1 is 1.18 bits per heavy atom. The Bertz CT molecular complexity index is 555. The highest BCUT2D eigenvalue weighted by molar-refractivity contribution is 6.30. The van der Waals surface area contributed by atoms with Crippen LogP contribution in [-0.4, -0.2) is 4.98 Å². The number of aryl methyl sites for hydroxylation is 2. The van der Waals surface area contributed by atoms with Crippen LogP contribution in [0.2, 0.25) is 5.02 Å². The van der Waals surface area contributed by atoms with Crippen LogP contribution in [0, 0.1) is 13.8 Å². The predicted octanol–water partition coefficient (Wildman–Crippen LogP) is 3.73. The lowest BCUT2D eigenvalue weighted by Crippen LogP contribution is -1.95. The molecule has 0 fully saturated rings. The number of hydrogen-bond donors (Lipinski definition) is 1. The zero-order valence-corrected chi connectivity index (χ0v) is 10.5. The van der Waals surface area contributed by atoms with Crippen LogP contribution in [0.1, 0.15) is 11.1 Å². The summed E-state index contributed by atoms with van der Waals surface area (Å²) in [6.07, 6.45) is 1.57. The second-order valence-electron chi connectivity index (χ2n) is 3.90. The molecule has 0 unspecified atom stereocenters. The van der Waals surface area contributed by atoms with Crippen LogP contribution in [0.5, 0.6) is 11.6 Å². The molecule has 0 saturated heterocycles. The number of aromatic nitrogens is 1. The van der Waals surface area contributed by atoms with Crippen LogP contribution >= 0.6 is 11.6 Å². The summed E-state index contributed by atoms with van der Waals surface area (Å²) in [5.74, 6) is 1.25. The second kappa shape index (κ2) is 4.63.